The van der Waals surface area contributed by atoms with Gasteiger partial charge in [-0.3, -0.25) is 0 Å². The van der Waals surface area contributed by atoms with E-state index in [0.29, 0.717) is 6.54 Å². The third kappa shape index (κ3) is 14.2. The lowest BCUT2D eigenvalue weighted by atomic mass is 9.97. The van der Waals surface area contributed by atoms with Gasteiger partial charge in [0.1, 0.15) is 91.6 Å². The van der Waals surface area contributed by atoms with Crippen LogP contribution < -0.4 is 11.1 Å². The first-order chi connectivity index (χ1) is 25.0. The van der Waals surface area contributed by atoms with E-state index in [1.807, 2.05) is 6.92 Å². The molecule has 2 unspecified atom stereocenters. The SMILES string of the molecule is CCCN.CCCNC[C@H](O)[C@@H](O)C(O[C@@H]1O[C@H](CO)[C@H](O)[C@H](O)[C@H]1O)[C@H](O)CO.OC[C@H]1O[C@@H](O)[C@H](O)[C@@H](O)C1O[C@@H]1O[C@H](CO)[C@H](O)[C@H](O)[C@H]1O. The number of aliphatic hydroxyl groups is 16. The second kappa shape index (κ2) is 25.4. The summed E-state index contributed by atoms with van der Waals surface area (Å²) in [6.07, 6.45) is -27.8. The number of nitrogens with two attached hydrogens (primary N) is 1. The van der Waals surface area contributed by atoms with Crippen molar-refractivity contribution in [1.82, 2.24) is 5.32 Å². The van der Waals surface area contributed by atoms with Crippen LogP contribution in [0.4, 0.5) is 0 Å². The first-order valence-corrected chi connectivity index (χ1v) is 17.3. The molecule has 23 nitrogen and oxygen atoms in total. The van der Waals surface area contributed by atoms with E-state index in [1.165, 1.54) is 0 Å². The zero-order valence-electron chi connectivity index (χ0n) is 29.6. The number of hydrogen-bond donors (Lipinski definition) is 18. The molecule has 3 aliphatic rings. The Bertz CT molecular complexity index is 943. The summed E-state index contributed by atoms with van der Waals surface area (Å²) in [6, 6.07) is 0. The van der Waals surface area contributed by atoms with Gasteiger partial charge in [0.25, 0.3) is 0 Å². The minimum Gasteiger partial charge on any atom is -0.394 e. The highest BCUT2D eigenvalue weighted by molar-refractivity contribution is 4.94. The van der Waals surface area contributed by atoms with Gasteiger partial charge in [0, 0.05) is 6.54 Å². The van der Waals surface area contributed by atoms with Gasteiger partial charge >= 0.3 is 0 Å². The molecule has 0 spiro atoms. The van der Waals surface area contributed by atoms with Crippen LogP contribution in [-0.2, 0) is 23.7 Å². The van der Waals surface area contributed by atoms with E-state index in [0.717, 1.165) is 19.4 Å². The average molecular weight is 787 g/mol. The number of ether oxygens (including phenoxy) is 5. The minimum absolute atomic E-state index is 0.0122. The van der Waals surface area contributed by atoms with Crippen molar-refractivity contribution >= 4 is 0 Å². The van der Waals surface area contributed by atoms with E-state index < -0.39 is 143 Å². The van der Waals surface area contributed by atoms with Crippen LogP contribution in [0.15, 0.2) is 0 Å². The van der Waals surface area contributed by atoms with Crippen molar-refractivity contribution in [2.24, 2.45) is 5.73 Å². The predicted octanol–water partition coefficient (Wildman–Crippen LogP) is -9.80. The smallest absolute Gasteiger partial charge is 0.187 e. The number of nitrogens with one attached hydrogen (secondary N) is 1. The van der Waals surface area contributed by atoms with Crippen molar-refractivity contribution in [2.75, 3.05) is 46.1 Å². The third-order valence-corrected chi connectivity index (χ3v) is 8.48. The normalized spacial score (nSPS) is 39.8. The largest absolute Gasteiger partial charge is 0.394 e. The van der Waals surface area contributed by atoms with Gasteiger partial charge in [-0.25, -0.2) is 0 Å². The summed E-state index contributed by atoms with van der Waals surface area (Å²) in [4.78, 5) is 0. The van der Waals surface area contributed by atoms with Crippen molar-refractivity contribution in [1.29, 1.82) is 0 Å². The highest BCUT2D eigenvalue weighted by atomic mass is 16.7. The van der Waals surface area contributed by atoms with Gasteiger partial charge in [0.05, 0.1) is 32.5 Å². The van der Waals surface area contributed by atoms with Crippen molar-refractivity contribution in [2.45, 2.75) is 143 Å². The van der Waals surface area contributed by atoms with Gasteiger partial charge in [-0.1, -0.05) is 13.8 Å². The lowest BCUT2D eigenvalue weighted by molar-refractivity contribution is -0.355. The van der Waals surface area contributed by atoms with Crippen LogP contribution in [-0.4, -0.2) is 244 Å². The molecule has 0 saturated carbocycles. The Balaban J connectivity index is 0.000000483. The van der Waals surface area contributed by atoms with Gasteiger partial charge in [-0.05, 0) is 25.9 Å². The lowest BCUT2D eigenvalue weighted by Crippen LogP contribution is -2.64. The third-order valence-electron chi connectivity index (χ3n) is 8.48. The van der Waals surface area contributed by atoms with Crippen molar-refractivity contribution in [3.63, 3.8) is 0 Å². The molecular weight excluding hydrogens is 724 g/mol. The van der Waals surface area contributed by atoms with Gasteiger partial charge in [-0.2, -0.15) is 0 Å². The van der Waals surface area contributed by atoms with E-state index >= 15 is 0 Å². The molecule has 0 amide bonds. The van der Waals surface area contributed by atoms with Crippen molar-refractivity contribution < 1.29 is 105 Å². The van der Waals surface area contributed by atoms with E-state index in [4.69, 9.17) is 39.6 Å². The van der Waals surface area contributed by atoms with E-state index in [-0.39, 0.29) is 6.54 Å². The second-order valence-corrected chi connectivity index (χ2v) is 12.6. The Hall–Kier alpha value is -0.920. The molecule has 0 aromatic rings. The maximum absolute atomic E-state index is 10.3. The van der Waals surface area contributed by atoms with Crippen molar-refractivity contribution in [3.8, 4) is 0 Å². The second-order valence-electron chi connectivity index (χ2n) is 12.6. The van der Waals surface area contributed by atoms with Crippen LogP contribution in [0.5, 0.6) is 0 Å². The molecule has 3 fully saturated rings. The molecule has 0 radical (unpaired) electrons. The Morgan fingerprint density at radius 1 is 0.604 bits per heavy atom. The van der Waals surface area contributed by atoms with Crippen LogP contribution in [0.25, 0.3) is 0 Å². The minimum atomic E-state index is -1.75. The Morgan fingerprint density at radius 2 is 1.09 bits per heavy atom. The summed E-state index contributed by atoms with van der Waals surface area (Å²) in [7, 11) is 0. The summed E-state index contributed by atoms with van der Waals surface area (Å²) in [5.41, 5.74) is 5.03. The van der Waals surface area contributed by atoms with Gasteiger partial charge in [0.15, 0.2) is 18.9 Å². The molecule has 318 valence electrons. The molecule has 0 aromatic carbocycles. The Morgan fingerprint density at radius 3 is 1.55 bits per heavy atom. The van der Waals surface area contributed by atoms with Crippen LogP contribution >= 0.6 is 0 Å². The molecule has 0 aliphatic carbocycles. The summed E-state index contributed by atoms with van der Waals surface area (Å²) in [5, 5.41) is 157. The van der Waals surface area contributed by atoms with Crippen LogP contribution in [0.2, 0.25) is 0 Å². The Labute approximate surface area is 305 Å². The molecule has 3 heterocycles. The first-order valence-electron chi connectivity index (χ1n) is 17.3. The van der Waals surface area contributed by atoms with E-state index in [2.05, 4.69) is 12.2 Å². The zero-order chi connectivity index (χ0) is 40.6. The molecule has 53 heavy (non-hydrogen) atoms. The highest BCUT2D eigenvalue weighted by Gasteiger charge is 2.50. The van der Waals surface area contributed by atoms with E-state index in [1.54, 1.807) is 0 Å². The Kier molecular flexibility index (Phi) is 24.0. The summed E-state index contributed by atoms with van der Waals surface area (Å²) >= 11 is 0. The molecule has 3 saturated heterocycles. The molecular formula is C30H62N2O21. The molecule has 3 rings (SSSR count). The van der Waals surface area contributed by atoms with Gasteiger partial charge < -0.3 is 116 Å². The molecule has 19 N–H and O–H groups in total. The molecule has 0 aromatic heterocycles. The fourth-order valence-corrected chi connectivity index (χ4v) is 5.17. The quantitative estimate of drug-likeness (QED) is 0.0646. The topological polar surface area (TPSA) is 408 Å². The van der Waals surface area contributed by atoms with E-state index in [9.17, 15) is 71.5 Å². The summed E-state index contributed by atoms with van der Waals surface area (Å²) in [6.45, 7) is 2.53. The van der Waals surface area contributed by atoms with Gasteiger partial charge in [0.2, 0.25) is 0 Å². The summed E-state index contributed by atoms with van der Waals surface area (Å²) < 4.78 is 25.7. The number of aliphatic hydroxyl groups excluding tert-OH is 16. The monoisotopic (exact) mass is 786 g/mol. The maximum atomic E-state index is 10.3. The fraction of sp³-hybridized carbons (Fsp3) is 1.00. The maximum Gasteiger partial charge on any atom is 0.187 e. The molecule has 3 aliphatic heterocycles. The average Bonchev–Trinajstić information content (AvgIpc) is 3.16. The summed E-state index contributed by atoms with van der Waals surface area (Å²) in [5.74, 6) is 0. The first kappa shape index (κ1) is 50.1. The fourth-order valence-electron chi connectivity index (χ4n) is 5.17. The van der Waals surface area contributed by atoms with Gasteiger partial charge in [-0.15, -0.1) is 0 Å². The molecule has 19 atom stereocenters. The number of hydrogen-bond acceptors (Lipinski definition) is 23. The zero-order valence-corrected chi connectivity index (χ0v) is 29.6. The standard InChI is InChI=1S/C15H31NO10.C12H22O11.C3H9N/c1-2-3-16-4-7(19)10(21)14(8(20)5-17)26-15-13(24)12(23)11(22)9(6-18)25-15;13-1-3-5(15)6(16)9(19)12(22-3)23-10-4(2-14)21-11(20)8(18)7(10)17;1-2-3-4/h7-24H,2-6H2,1H3;3-20H,1-2H2;2-4H2,1H3/t7-,8+,9+,10+,11-,12-,13+,14?,15-;3-,4-,5+,6+,7-,8-,9-,10?,11-,12+;/m01./s1. The number of rotatable bonds is 16. The van der Waals surface area contributed by atoms with Crippen LogP contribution in [0.3, 0.4) is 0 Å². The molecule has 23 heteroatoms. The van der Waals surface area contributed by atoms with Crippen LogP contribution in [0, 0.1) is 0 Å². The highest BCUT2D eigenvalue weighted by Crippen LogP contribution is 2.29. The van der Waals surface area contributed by atoms with Crippen molar-refractivity contribution in [3.05, 3.63) is 0 Å². The lowest BCUT2D eigenvalue weighted by Gasteiger charge is -2.45. The predicted molar refractivity (Wildman–Crippen MR) is 175 cm³/mol. The van der Waals surface area contributed by atoms with Crippen LogP contribution in [0.1, 0.15) is 26.7 Å². The molecule has 0 bridgehead atoms.